The molecule has 1 aliphatic heterocycles. The van der Waals surface area contributed by atoms with Gasteiger partial charge >= 0.3 is 0 Å². The molecule has 8 nitrogen and oxygen atoms in total. The fraction of sp³-hybridized carbons (Fsp3) is 0.500. The quantitative estimate of drug-likeness (QED) is 0.789. The van der Waals surface area contributed by atoms with Crippen LogP contribution >= 0.6 is 0 Å². The Labute approximate surface area is 134 Å². The van der Waals surface area contributed by atoms with E-state index in [2.05, 4.69) is 10.3 Å². The molecule has 9 heteroatoms. The summed E-state index contributed by atoms with van der Waals surface area (Å²) in [6, 6.07) is 2.35. The van der Waals surface area contributed by atoms with Crippen molar-refractivity contribution >= 4 is 21.7 Å². The molecule has 2 heterocycles. The summed E-state index contributed by atoms with van der Waals surface area (Å²) >= 11 is 0. The van der Waals surface area contributed by atoms with Crippen molar-refractivity contribution in [2.24, 2.45) is 0 Å². The van der Waals surface area contributed by atoms with Crippen LogP contribution in [0.15, 0.2) is 18.3 Å². The van der Waals surface area contributed by atoms with E-state index in [-0.39, 0.29) is 30.5 Å². The monoisotopic (exact) mass is 341 g/mol. The number of pyridine rings is 1. The van der Waals surface area contributed by atoms with E-state index in [0.29, 0.717) is 11.4 Å². The molecule has 1 aliphatic rings. The second-order valence-electron chi connectivity index (χ2n) is 5.26. The maximum Gasteiger partial charge on any atom is 0.253 e. The number of carbonyl (C=O) groups is 2. The molecule has 2 amide bonds. The van der Waals surface area contributed by atoms with E-state index in [9.17, 15) is 18.0 Å². The van der Waals surface area contributed by atoms with Gasteiger partial charge in [0.05, 0.1) is 24.2 Å². The van der Waals surface area contributed by atoms with Gasteiger partial charge in [0.15, 0.2) is 9.84 Å². The van der Waals surface area contributed by atoms with Crippen molar-refractivity contribution in [1.82, 2.24) is 15.2 Å². The number of nitrogens with zero attached hydrogens (tertiary/aromatic N) is 2. The molecular formula is C14H19N3O5S. The molecule has 1 aromatic heterocycles. The highest BCUT2D eigenvalue weighted by atomic mass is 32.2. The lowest BCUT2D eigenvalue weighted by atomic mass is 10.2. The van der Waals surface area contributed by atoms with E-state index in [1.807, 2.05) is 0 Å². The fourth-order valence-corrected chi connectivity index (χ4v) is 3.38. The van der Waals surface area contributed by atoms with Crippen LogP contribution in [0.4, 0.5) is 0 Å². The molecule has 1 aromatic rings. The van der Waals surface area contributed by atoms with Gasteiger partial charge < -0.3 is 15.0 Å². The van der Waals surface area contributed by atoms with Crippen LogP contribution in [0.5, 0.6) is 5.88 Å². The van der Waals surface area contributed by atoms with Gasteiger partial charge in [-0.1, -0.05) is 0 Å². The summed E-state index contributed by atoms with van der Waals surface area (Å²) in [7, 11) is -1.58. The zero-order valence-electron chi connectivity index (χ0n) is 13.0. The van der Waals surface area contributed by atoms with Crippen molar-refractivity contribution < 1.29 is 22.7 Å². The Bertz CT molecular complexity index is 673. The first-order valence-electron chi connectivity index (χ1n) is 7.12. The van der Waals surface area contributed by atoms with Gasteiger partial charge in [-0.25, -0.2) is 13.4 Å². The van der Waals surface area contributed by atoms with E-state index in [0.717, 1.165) is 0 Å². The van der Waals surface area contributed by atoms with E-state index >= 15 is 0 Å². The minimum atomic E-state index is -3.05. The lowest BCUT2D eigenvalue weighted by Gasteiger charge is -2.29. The summed E-state index contributed by atoms with van der Waals surface area (Å²) in [5.41, 5.74) is 0.312. The van der Waals surface area contributed by atoms with E-state index in [4.69, 9.17) is 4.74 Å². The zero-order valence-corrected chi connectivity index (χ0v) is 13.8. The number of hydrogen-bond donors (Lipinski definition) is 1. The number of carbonyl (C=O) groups excluding carboxylic acids is 2. The molecular weight excluding hydrogens is 322 g/mol. The molecule has 1 fully saturated rings. The summed E-state index contributed by atoms with van der Waals surface area (Å²) in [4.78, 5) is 29.7. The number of hydrogen-bond acceptors (Lipinski definition) is 6. The van der Waals surface area contributed by atoms with E-state index in [1.165, 1.54) is 18.2 Å². The summed E-state index contributed by atoms with van der Waals surface area (Å²) in [5.74, 6) is -0.413. The van der Waals surface area contributed by atoms with Gasteiger partial charge in [-0.2, -0.15) is 0 Å². The standard InChI is InChI=1S/C14H19N3O5S/c1-10(14(19)17-5-7-23(20,21)8-6-17)16-13(18)11-3-4-12(22-2)15-9-11/h3-4,9-10H,5-8H2,1-2H3,(H,16,18). The van der Waals surface area contributed by atoms with Crippen molar-refractivity contribution in [3.8, 4) is 5.88 Å². The van der Waals surface area contributed by atoms with E-state index < -0.39 is 21.8 Å². The molecule has 23 heavy (non-hydrogen) atoms. The first-order valence-corrected chi connectivity index (χ1v) is 8.94. The van der Waals surface area contributed by atoms with Crippen LogP contribution in [-0.2, 0) is 14.6 Å². The minimum Gasteiger partial charge on any atom is -0.481 e. The Morgan fingerprint density at radius 3 is 2.48 bits per heavy atom. The molecule has 2 rings (SSSR count). The molecule has 1 saturated heterocycles. The third-order valence-corrected chi connectivity index (χ3v) is 5.19. The predicted molar refractivity (Wildman–Crippen MR) is 83.0 cm³/mol. The molecule has 0 bridgehead atoms. The maximum atomic E-state index is 12.3. The molecule has 0 radical (unpaired) electrons. The Hall–Kier alpha value is -2.16. The highest BCUT2D eigenvalue weighted by Gasteiger charge is 2.28. The third kappa shape index (κ3) is 4.41. The Kier molecular flexibility index (Phi) is 5.19. The average molecular weight is 341 g/mol. The van der Waals surface area contributed by atoms with Crippen LogP contribution in [-0.4, -0.2) is 67.9 Å². The second-order valence-corrected chi connectivity index (χ2v) is 7.57. The van der Waals surface area contributed by atoms with Crippen LogP contribution < -0.4 is 10.1 Å². The third-order valence-electron chi connectivity index (χ3n) is 3.58. The minimum absolute atomic E-state index is 0.0399. The van der Waals surface area contributed by atoms with Crippen molar-refractivity contribution in [3.05, 3.63) is 23.9 Å². The number of ether oxygens (including phenoxy) is 1. The highest BCUT2D eigenvalue weighted by Crippen LogP contribution is 2.08. The maximum absolute atomic E-state index is 12.3. The van der Waals surface area contributed by atoms with Crippen LogP contribution in [0.3, 0.4) is 0 Å². The van der Waals surface area contributed by atoms with Gasteiger partial charge in [0, 0.05) is 25.4 Å². The molecule has 126 valence electrons. The Morgan fingerprint density at radius 1 is 1.30 bits per heavy atom. The van der Waals surface area contributed by atoms with E-state index in [1.54, 1.807) is 19.1 Å². The van der Waals surface area contributed by atoms with Gasteiger partial charge in [0.25, 0.3) is 5.91 Å². The highest BCUT2D eigenvalue weighted by molar-refractivity contribution is 7.91. The molecule has 1 N–H and O–H groups in total. The lowest BCUT2D eigenvalue weighted by molar-refractivity contribution is -0.132. The summed E-state index contributed by atoms with van der Waals surface area (Å²) in [6.07, 6.45) is 1.36. The molecule has 1 unspecified atom stereocenters. The zero-order chi connectivity index (χ0) is 17.0. The fourth-order valence-electron chi connectivity index (χ4n) is 2.18. The summed E-state index contributed by atoms with van der Waals surface area (Å²) in [5, 5.41) is 2.59. The predicted octanol–water partition coefficient (Wildman–Crippen LogP) is -0.534. The summed E-state index contributed by atoms with van der Waals surface area (Å²) in [6.45, 7) is 1.89. The number of amides is 2. The second kappa shape index (κ2) is 6.95. The molecule has 0 aromatic carbocycles. The van der Waals surface area contributed by atoms with Gasteiger partial charge in [0.1, 0.15) is 6.04 Å². The van der Waals surface area contributed by atoms with Crippen molar-refractivity contribution in [2.75, 3.05) is 31.7 Å². The van der Waals surface area contributed by atoms with Crippen molar-refractivity contribution in [1.29, 1.82) is 0 Å². The molecule has 0 aliphatic carbocycles. The first kappa shape index (κ1) is 17.2. The van der Waals surface area contributed by atoms with Crippen LogP contribution in [0.1, 0.15) is 17.3 Å². The van der Waals surface area contributed by atoms with Gasteiger partial charge in [0.2, 0.25) is 11.8 Å². The van der Waals surface area contributed by atoms with Crippen LogP contribution in [0.25, 0.3) is 0 Å². The summed E-state index contributed by atoms with van der Waals surface area (Å²) < 4.78 is 27.7. The average Bonchev–Trinajstić information content (AvgIpc) is 2.54. The number of sulfone groups is 1. The molecule has 1 atom stereocenters. The molecule has 0 saturated carbocycles. The SMILES string of the molecule is COc1ccc(C(=O)NC(C)C(=O)N2CCS(=O)(=O)CC2)cn1. The van der Waals surface area contributed by atoms with Gasteiger partial charge in [-0.15, -0.1) is 0 Å². The largest absolute Gasteiger partial charge is 0.481 e. The number of nitrogens with one attached hydrogen (secondary N) is 1. The Balaban J connectivity index is 1.93. The van der Waals surface area contributed by atoms with Gasteiger partial charge in [-0.05, 0) is 13.0 Å². The number of methoxy groups -OCH3 is 1. The van der Waals surface area contributed by atoms with Gasteiger partial charge in [-0.3, -0.25) is 9.59 Å². The van der Waals surface area contributed by atoms with Crippen LogP contribution in [0.2, 0.25) is 0 Å². The lowest BCUT2D eigenvalue weighted by Crippen LogP contribution is -2.51. The van der Waals surface area contributed by atoms with Crippen molar-refractivity contribution in [2.45, 2.75) is 13.0 Å². The molecule has 0 spiro atoms. The smallest absolute Gasteiger partial charge is 0.253 e. The Morgan fingerprint density at radius 2 is 1.96 bits per heavy atom. The number of aromatic nitrogens is 1. The normalized spacial score (nSPS) is 18.1. The number of rotatable bonds is 4. The van der Waals surface area contributed by atoms with Crippen LogP contribution in [0, 0.1) is 0 Å². The topological polar surface area (TPSA) is 106 Å². The first-order chi connectivity index (χ1) is 10.8. The van der Waals surface area contributed by atoms with Crippen molar-refractivity contribution in [3.63, 3.8) is 0 Å².